The molecular formula is C40H43N3O5. The number of methoxy groups -OCH3 is 2. The van der Waals surface area contributed by atoms with Crippen molar-refractivity contribution >= 4 is 23.4 Å². The number of fused-ring (bicyclic) bond motifs is 3. The molecule has 0 aliphatic carbocycles. The topological polar surface area (TPSA) is 111 Å². The molecule has 4 aromatic rings. The second-order valence-corrected chi connectivity index (χ2v) is 12.5. The minimum absolute atomic E-state index is 0.114. The van der Waals surface area contributed by atoms with Crippen molar-refractivity contribution in [3.05, 3.63) is 115 Å². The largest absolute Gasteiger partial charge is 0.493 e. The van der Waals surface area contributed by atoms with E-state index < -0.39 is 23.8 Å². The Morgan fingerprint density at radius 2 is 1.56 bits per heavy atom. The van der Waals surface area contributed by atoms with Crippen LogP contribution >= 0.6 is 0 Å². The van der Waals surface area contributed by atoms with E-state index in [9.17, 15) is 14.4 Å². The van der Waals surface area contributed by atoms with Crippen LogP contribution in [-0.2, 0) is 20.9 Å². The van der Waals surface area contributed by atoms with Gasteiger partial charge in [0.25, 0.3) is 5.91 Å². The average molecular weight is 646 g/mol. The quantitative estimate of drug-likeness (QED) is 0.151. The van der Waals surface area contributed by atoms with Gasteiger partial charge in [-0.1, -0.05) is 86.7 Å². The zero-order chi connectivity index (χ0) is 34.4. The van der Waals surface area contributed by atoms with Crippen molar-refractivity contribution < 1.29 is 23.9 Å². The molecule has 0 bridgehead atoms. The van der Waals surface area contributed by atoms with E-state index in [1.807, 2.05) is 105 Å². The van der Waals surface area contributed by atoms with Crippen molar-refractivity contribution in [1.29, 1.82) is 0 Å². The molecule has 3 atom stereocenters. The molecule has 0 radical (unpaired) electrons. The first-order chi connectivity index (χ1) is 23.2. The summed E-state index contributed by atoms with van der Waals surface area (Å²) in [4.78, 5) is 43.2. The van der Waals surface area contributed by atoms with Crippen molar-refractivity contribution in [1.82, 2.24) is 5.32 Å². The summed E-state index contributed by atoms with van der Waals surface area (Å²) in [5.41, 5.74) is 11.8. The molecule has 3 amide bonds. The number of nitrogens with one attached hydrogen (secondary N) is 1. The van der Waals surface area contributed by atoms with Crippen molar-refractivity contribution in [3.63, 3.8) is 0 Å². The molecular weight excluding hydrogens is 602 g/mol. The average Bonchev–Trinajstić information content (AvgIpc) is 3.18. The van der Waals surface area contributed by atoms with Gasteiger partial charge >= 0.3 is 0 Å². The first-order valence-corrected chi connectivity index (χ1v) is 16.2. The lowest BCUT2D eigenvalue weighted by molar-refractivity contribution is -0.135. The molecule has 1 aliphatic heterocycles. The molecule has 5 rings (SSSR count). The Kier molecular flexibility index (Phi) is 10.6. The van der Waals surface area contributed by atoms with Gasteiger partial charge in [-0.05, 0) is 70.8 Å². The van der Waals surface area contributed by atoms with E-state index in [0.717, 1.165) is 33.5 Å². The van der Waals surface area contributed by atoms with Gasteiger partial charge in [-0.25, -0.2) is 0 Å². The van der Waals surface area contributed by atoms with Gasteiger partial charge in [0.2, 0.25) is 11.8 Å². The first-order valence-electron chi connectivity index (χ1n) is 16.2. The SMILES string of the molecule is C=CCC(C(N)=O)C(CC(C)C)C(=O)NC1C(=O)N(Cc2cccc(-c3ccc(OC)c(OC)c3)c2)c2ccccc2-c2ccccc21. The van der Waals surface area contributed by atoms with Gasteiger partial charge < -0.3 is 25.4 Å². The number of hydrogen-bond donors (Lipinski definition) is 2. The van der Waals surface area contributed by atoms with Crippen molar-refractivity contribution in [2.45, 2.75) is 39.3 Å². The predicted molar refractivity (Wildman–Crippen MR) is 189 cm³/mol. The van der Waals surface area contributed by atoms with E-state index >= 15 is 0 Å². The fourth-order valence-electron chi connectivity index (χ4n) is 6.56. The molecule has 1 aliphatic rings. The summed E-state index contributed by atoms with van der Waals surface area (Å²) in [6, 6.07) is 28.2. The molecule has 4 aromatic carbocycles. The second-order valence-electron chi connectivity index (χ2n) is 12.5. The van der Waals surface area contributed by atoms with Gasteiger partial charge in [0.15, 0.2) is 11.5 Å². The normalized spacial score (nSPS) is 15.1. The monoisotopic (exact) mass is 645 g/mol. The highest BCUT2D eigenvalue weighted by molar-refractivity contribution is 6.06. The number of nitrogens with zero attached hydrogens (tertiary/aromatic N) is 1. The van der Waals surface area contributed by atoms with Gasteiger partial charge in [-0.2, -0.15) is 0 Å². The number of hydrogen-bond acceptors (Lipinski definition) is 5. The summed E-state index contributed by atoms with van der Waals surface area (Å²) in [6.45, 7) is 8.02. The van der Waals surface area contributed by atoms with E-state index in [0.29, 0.717) is 23.5 Å². The number of nitrogens with two attached hydrogens (primary N) is 1. The molecule has 8 heteroatoms. The molecule has 8 nitrogen and oxygen atoms in total. The summed E-state index contributed by atoms with van der Waals surface area (Å²) in [5, 5.41) is 3.08. The first kappa shape index (κ1) is 34.0. The van der Waals surface area contributed by atoms with Gasteiger partial charge in [0.05, 0.1) is 38.3 Å². The maximum atomic E-state index is 14.8. The van der Waals surface area contributed by atoms with Crippen molar-refractivity contribution in [3.8, 4) is 33.8 Å². The lowest BCUT2D eigenvalue weighted by Crippen LogP contribution is -2.47. The Morgan fingerprint density at radius 1 is 0.875 bits per heavy atom. The number of para-hydroxylation sites is 1. The number of amides is 3. The summed E-state index contributed by atoms with van der Waals surface area (Å²) < 4.78 is 10.9. The van der Waals surface area contributed by atoms with Crippen LogP contribution in [0.15, 0.2) is 104 Å². The molecule has 0 fully saturated rings. The zero-order valence-electron chi connectivity index (χ0n) is 27.9. The van der Waals surface area contributed by atoms with Crippen LogP contribution in [0.25, 0.3) is 22.3 Å². The number of rotatable bonds is 13. The zero-order valence-corrected chi connectivity index (χ0v) is 27.9. The van der Waals surface area contributed by atoms with Crippen LogP contribution in [0.5, 0.6) is 11.5 Å². The van der Waals surface area contributed by atoms with Crippen LogP contribution in [0.2, 0.25) is 0 Å². The highest BCUT2D eigenvalue weighted by Crippen LogP contribution is 2.41. The van der Waals surface area contributed by atoms with E-state index in [2.05, 4.69) is 11.9 Å². The Labute approximate surface area is 282 Å². The summed E-state index contributed by atoms with van der Waals surface area (Å²) in [6.07, 6.45) is 2.31. The maximum Gasteiger partial charge on any atom is 0.254 e. The number of ether oxygens (including phenoxy) is 2. The number of anilines is 1. The fraction of sp³-hybridized carbons (Fsp3) is 0.275. The van der Waals surface area contributed by atoms with Gasteiger partial charge in [-0.15, -0.1) is 6.58 Å². The Morgan fingerprint density at radius 3 is 2.25 bits per heavy atom. The van der Waals surface area contributed by atoms with Crippen LogP contribution in [-0.4, -0.2) is 31.9 Å². The summed E-state index contributed by atoms with van der Waals surface area (Å²) in [5.74, 6) is -1.32. The third-order valence-electron chi connectivity index (χ3n) is 8.87. The minimum atomic E-state index is -0.998. The Hall–Kier alpha value is -5.37. The number of allylic oxidation sites excluding steroid dienone is 1. The number of benzene rings is 4. The van der Waals surface area contributed by atoms with Crippen LogP contribution < -0.4 is 25.4 Å². The molecule has 0 aromatic heterocycles. The lowest BCUT2D eigenvalue weighted by Gasteiger charge is -2.30. The number of carbonyl (C=O) groups excluding carboxylic acids is 3. The molecule has 0 saturated heterocycles. The number of primary amides is 1. The highest BCUT2D eigenvalue weighted by atomic mass is 16.5. The van der Waals surface area contributed by atoms with Crippen molar-refractivity contribution in [2.75, 3.05) is 19.1 Å². The molecule has 248 valence electrons. The van der Waals surface area contributed by atoms with E-state index in [1.165, 1.54) is 0 Å². The molecule has 3 N–H and O–H groups in total. The Bertz CT molecular complexity index is 1820. The Balaban J connectivity index is 1.55. The van der Waals surface area contributed by atoms with Crippen LogP contribution in [0.1, 0.15) is 43.9 Å². The molecule has 48 heavy (non-hydrogen) atoms. The van der Waals surface area contributed by atoms with Gasteiger partial charge in [0.1, 0.15) is 6.04 Å². The molecule has 0 spiro atoms. The standard InChI is InChI=1S/C40H43N3O5/c1-6-12-32(38(41)44)33(21-25(2)3)39(45)42-37-31-17-8-7-15-29(31)30-16-9-10-18-34(30)43(40(37)46)24-26-13-11-14-27(22-26)28-19-20-35(47-4)36(23-28)48-5/h6-11,13-20,22-23,25,32-33,37H,1,12,21,24H2,2-5H3,(H2,41,44)(H,42,45). The van der Waals surface area contributed by atoms with Crippen molar-refractivity contribution in [2.24, 2.45) is 23.5 Å². The van der Waals surface area contributed by atoms with Crippen LogP contribution in [0.3, 0.4) is 0 Å². The second kappa shape index (κ2) is 15.0. The molecule has 0 saturated carbocycles. The highest BCUT2D eigenvalue weighted by Gasteiger charge is 2.38. The van der Waals surface area contributed by atoms with E-state index in [4.69, 9.17) is 15.2 Å². The third kappa shape index (κ3) is 7.13. The minimum Gasteiger partial charge on any atom is -0.493 e. The number of carbonyl (C=O) groups is 3. The van der Waals surface area contributed by atoms with E-state index in [1.54, 1.807) is 25.2 Å². The summed E-state index contributed by atoms with van der Waals surface area (Å²) in [7, 11) is 3.20. The molecule has 1 heterocycles. The van der Waals surface area contributed by atoms with E-state index in [-0.39, 0.29) is 30.7 Å². The maximum absolute atomic E-state index is 14.8. The molecule has 3 unspecified atom stereocenters. The smallest absolute Gasteiger partial charge is 0.254 e. The van der Waals surface area contributed by atoms with Gasteiger partial charge in [-0.3, -0.25) is 14.4 Å². The fourth-order valence-corrected chi connectivity index (χ4v) is 6.56. The van der Waals surface area contributed by atoms with Gasteiger partial charge in [0, 0.05) is 5.56 Å². The summed E-state index contributed by atoms with van der Waals surface area (Å²) >= 11 is 0. The van der Waals surface area contributed by atoms with Crippen LogP contribution in [0.4, 0.5) is 5.69 Å². The van der Waals surface area contributed by atoms with Crippen LogP contribution in [0, 0.1) is 17.8 Å². The third-order valence-corrected chi connectivity index (χ3v) is 8.87. The lowest BCUT2D eigenvalue weighted by atomic mass is 9.82. The predicted octanol–water partition coefficient (Wildman–Crippen LogP) is 7.08.